The van der Waals surface area contributed by atoms with Gasteiger partial charge in [0.15, 0.2) is 0 Å². The number of ether oxygens (including phenoxy) is 1. The van der Waals surface area contributed by atoms with Gasteiger partial charge in [-0.05, 0) is 37.1 Å². The Bertz CT molecular complexity index is 713. The number of nitrogens with zero attached hydrogens (tertiary/aromatic N) is 1. The normalized spacial score (nSPS) is 10.6. The molecule has 0 heterocycles. The summed E-state index contributed by atoms with van der Waals surface area (Å²) in [5.41, 5.74) is 1.40. The van der Waals surface area contributed by atoms with Crippen molar-refractivity contribution >= 4 is 29.1 Å². The van der Waals surface area contributed by atoms with Gasteiger partial charge in [0.25, 0.3) is 5.91 Å². The molecule has 0 fully saturated rings. The molecule has 1 amide bonds. The molecule has 5 heteroatoms. The summed E-state index contributed by atoms with van der Waals surface area (Å²) >= 11 is 12.1. The van der Waals surface area contributed by atoms with Gasteiger partial charge in [0.1, 0.15) is 12.4 Å². The Morgan fingerprint density at radius 3 is 2.36 bits per heavy atom. The first kappa shape index (κ1) is 19.6. The van der Waals surface area contributed by atoms with E-state index in [1.807, 2.05) is 29.2 Å². The molecule has 0 aliphatic carbocycles. The molecule has 3 nitrogen and oxygen atoms in total. The number of hydrogen-bond acceptors (Lipinski definition) is 2. The summed E-state index contributed by atoms with van der Waals surface area (Å²) in [6.45, 7) is 5.90. The largest absolute Gasteiger partial charge is 0.488 e. The van der Waals surface area contributed by atoms with E-state index in [9.17, 15) is 4.79 Å². The van der Waals surface area contributed by atoms with Crippen molar-refractivity contribution in [2.24, 2.45) is 0 Å². The van der Waals surface area contributed by atoms with Gasteiger partial charge in [-0.25, -0.2) is 0 Å². The fourth-order valence-corrected chi connectivity index (χ4v) is 3.05. The zero-order valence-electron chi connectivity index (χ0n) is 14.6. The number of carbonyl (C=O) groups is 1. The molecule has 0 atom stereocenters. The van der Waals surface area contributed by atoms with Crippen molar-refractivity contribution in [2.75, 3.05) is 13.1 Å². The van der Waals surface area contributed by atoms with Gasteiger partial charge in [-0.15, -0.1) is 0 Å². The summed E-state index contributed by atoms with van der Waals surface area (Å²) < 4.78 is 5.90. The SMILES string of the molecule is CCCN(CCC)C(=O)c1ccccc1OCc1ccc(Cl)cc1Cl. The van der Waals surface area contributed by atoms with Gasteiger partial charge in [0, 0.05) is 28.7 Å². The van der Waals surface area contributed by atoms with Crippen molar-refractivity contribution in [1.29, 1.82) is 0 Å². The number of para-hydroxylation sites is 1. The molecule has 2 aromatic rings. The van der Waals surface area contributed by atoms with Crippen LogP contribution in [-0.4, -0.2) is 23.9 Å². The Labute approximate surface area is 159 Å². The first-order chi connectivity index (χ1) is 12.1. The predicted molar refractivity (Wildman–Crippen MR) is 104 cm³/mol. The molecule has 0 radical (unpaired) electrons. The van der Waals surface area contributed by atoms with Crippen molar-refractivity contribution in [1.82, 2.24) is 4.90 Å². The highest BCUT2D eigenvalue weighted by molar-refractivity contribution is 6.35. The molecule has 0 saturated carbocycles. The Morgan fingerprint density at radius 2 is 1.72 bits per heavy atom. The van der Waals surface area contributed by atoms with E-state index in [0.29, 0.717) is 21.4 Å². The zero-order valence-corrected chi connectivity index (χ0v) is 16.1. The molecule has 0 aliphatic heterocycles. The van der Waals surface area contributed by atoms with E-state index in [1.165, 1.54) is 0 Å². The van der Waals surface area contributed by atoms with Crippen LogP contribution in [0.1, 0.15) is 42.6 Å². The van der Waals surface area contributed by atoms with E-state index < -0.39 is 0 Å². The Hall–Kier alpha value is -1.71. The van der Waals surface area contributed by atoms with E-state index in [-0.39, 0.29) is 12.5 Å². The lowest BCUT2D eigenvalue weighted by atomic mass is 10.1. The van der Waals surface area contributed by atoms with Crippen LogP contribution in [0.2, 0.25) is 10.0 Å². The summed E-state index contributed by atoms with van der Waals surface area (Å²) in [4.78, 5) is 14.7. The van der Waals surface area contributed by atoms with Gasteiger partial charge in [0.05, 0.1) is 5.56 Å². The molecule has 134 valence electrons. The Balaban J connectivity index is 2.18. The highest BCUT2D eigenvalue weighted by Crippen LogP contribution is 2.25. The van der Waals surface area contributed by atoms with Gasteiger partial charge in [0.2, 0.25) is 0 Å². The van der Waals surface area contributed by atoms with Crippen LogP contribution >= 0.6 is 23.2 Å². The summed E-state index contributed by atoms with van der Waals surface area (Å²) in [5.74, 6) is 0.567. The fourth-order valence-electron chi connectivity index (χ4n) is 2.59. The third kappa shape index (κ3) is 5.38. The maximum absolute atomic E-state index is 12.9. The predicted octanol–water partition coefficient (Wildman–Crippen LogP) is 5.83. The maximum atomic E-state index is 12.9. The standard InChI is InChI=1S/C20H23Cl2NO2/c1-3-11-23(12-4-2)20(24)17-7-5-6-8-19(17)25-14-15-9-10-16(21)13-18(15)22/h5-10,13H,3-4,11-12,14H2,1-2H3. The van der Waals surface area contributed by atoms with Gasteiger partial charge in [-0.2, -0.15) is 0 Å². The van der Waals surface area contributed by atoms with E-state index in [0.717, 1.165) is 31.5 Å². The van der Waals surface area contributed by atoms with Gasteiger partial charge in [-0.3, -0.25) is 4.79 Å². The van der Waals surface area contributed by atoms with Crippen molar-refractivity contribution in [2.45, 2.75) is 33.3 Å². The molecular formula is C20H23Cl2NO2. The average molecular weight is 380 g/mol. The molecule has 0 spiro atoms. The molecule has 0 aromatic heterocycles. The van der Waals surface area contributed by atoms with Crippen LogP contribution in [0.3, 0.4) is 0 Å². The number of rotatable bonds is 8. The zero-order chi connectivity index (χ0) is 18.2. The molecule has 0 saturated heterocycles. The Kier molecular flexibility index (Phi) is 7.60. The lowest BCUT2D eigenvalue weighted by Crippen LogP contribution is -2.32. The minimum atomic E-state index is 0.00139. The van der Waals surface area contributed by atoms with Gasteiger partial charge in [-0.1, -0.05) is 55.2 Å². The number of halogens is 2. The van der Waals surface area contributed by atoms with Crippen molar-refractivity contribution in [3.63, 3.8) is 0 Å². The molecule has 0 unspecified atom stereocenters. The highest BCUT2D eigenvalue weighted by atomic mass is 35.5. The molecule has 2 aromatic carbocycles. The molecule has 0 N–H and O–H groups in total. The first-order valence-corrected chi connectivity index (χ1v) is 9.27. The van der Waals surface area contributed by atoms with Crippen LogP contribution in [-0.2, 0) is 6.61 Å². The monoisotopic (exact) mass is 379 g/mol. The molecule has 2 rings (SSSR count). The van der Waals surface area contributed by atoms with Crippen LogP contribution in [0, 0.1) is 0 Å². The van der Waals surface area contributed by atoms with Crippen LogP contribution in [0.4, 0.5) is 0 Å². The molecule has 0 aliphatic rings. The molecular weight excluding hydrogens is 357 g/mol. The van der Waals surface area contributed by atoms with Gasteiger partial charge < -0.3 is 9.64 Å². The lowest BCUT2D eigenvalue weighted by Gasteiger charge is -2.22. The average Bonchev–Trinajstić information content (AvgIpc) is 2.60. The van der Waals surface area contributed by atoms with Crippen LogP contribution in [0.25, 0.3) is 0 Å². The Morgan fingerprint density at radius 1 is 1.04 bits per heavy atom. The summed E-state index contributed by atoms with van der Waals surface area (Å²) in [5, 5.41) is 1.13. The first-order valence-electron chi connectivity index (χ1n) is 8.51. The maximum Gasteiger partial charge on any atom is 0.257 e. The fraction of sp³-hybridized carbons (Fsp3) is 0.350. The summed E-state index contributed by atoms with van der Waals surface area (Å²) in [7, 11) is 0. The number of carbonyl (C=O) groups excluding carboxylic acids is 1. The smallest absolute Gasteiger partial charge is 0.257 e. The lowest BCUT2D eigenvalue weighted by molar-refractivity contribution is 0.0750. The summed E-state index contributed by atoms with van der Waals surface area (Å²) in [6, 6.07) is 12.6. The van der Waals surface area contributed by atoms with E-state index in [4.69, 9.17) is 27.9 Å². The highest BCUT2D eigenvalue weighted by Gasteiger charge is 2.18. The van der Waals surface area contributed by atoms with Crippen molar-refractivity contribution in [3.05, 3.63) is 63.6 Å². The second-order valence-corrected chi connectivity index (χ2v) is 6.66. The molecule has 25 heavy (non-hydrogen) atoms. The topological polar surface area (TPSA) is 29.5 Å². The third-order valence-electron chi connectivity index (χ3n) is 3.79. The minimum Gasteiger partial charge on any atom is -0.488 e. The second kappa shape index (κ2) is 9.69. The van der Waals surface area contributed by atoms with Crippen LogP contribution in [0.5, 0.6) is 5.75 Å². The summed E-state index contributed by atoms with van der Waals surface area (Å²) in [6.07, 6.45) is 1.85. The number of hydrogen-bond donors (Lipinski definition) is 0. The second-order valence-electron chi connectivity index (χ2n) is 5.81. The van der Waals surface area contributed by atoms with E-state index >= 15 is 0 Å². The quantitative estimate of drug-likeness (QED) is 0.576. The number of amides is 1. The van der Waals surface area contributed by atoms with E-state index in [1.54, 1.807) is 18.2 Å². The van der Waals surface area contributed by atoms with Gasteiger partial charge >= 0.3 is 0 Å². The molecule has 0 bridgehead atoms. The number of benzene rings is 2. The van der Waals surface area contributed by atoms with Crippen molar-refractivity contribution in [3.8, 4) is 5.75 Å². The minimum absolute atomic E-state index is 0.00139. The van der Waals surface area contributed by atoms with E-state index in [2.05, 4.69) is 13.8 Å². The van der Waals surface area contributed by atoms with Crippen molar-refractivity contribution < 1.29 is 9.53 Å². The van der Waals surface area contributed by atoms with Crippen LogP contribution < -0.4 is 4.74 Å². The third-order valence-corrected chi connectivity index (χ3v) is 4.38. The van der Waals surface area contributed by atoms with Crippen LogP contribution in [0.15, 0.2) is 42.5 Å².